The minimum absolute atomic E-state index is 0.345. The molecule has 2 heterocycles. The van der Waals surface area contributed by atoms with Crippen molar-refractivity contribution in [1.82, 2.24) is 9.97 Å². The first-order chi connectivity index (χ1) is 14.1. The van der Waals surface area contributed by atoms with Crippen LogP contribution in [-0.4, -0.2) is 23.1 Å². The van der Waals surface area contributed by atoms with Crippen molar-refractivity contribution in [2.24, 2.45) is 5.41 Å². The first-order valence-corrected chi connectivity index (χ1v) is 10.8. The van der Waals surface area contributed by atoms with Gasteiger partial charge in [0.2, 0.25) is 0 Å². The number of benzene rings is 2. The highest BCUT2D eigenvalue weighted by Gasteiger charge is 2.32. The molecule has 0 spiro atoms. The molecule has 4 rings (SSSR count). The van der Waals surface area contributed by atoms with E-state index in [4.69, 9.17) is 4.98 Å². The molecule has 3 heteroatoms. The fourth-order valence-electron chi connectivity index (χ4n) is 4.71. The largest absolute Gasteiger partial charge is 0.356 e. The molecule has 1 fully saturated rings. The van der Waals surface area contributed by atoms with Crippen molar-refractivity contribution in [3.05, 3.63) is 78.1 Å². The molecule has 29 heavy (non-hydrogen) atoms. The number of hydrogen-bond acceptors (Lipinski definition) is 3. The lowest BCUT2D eigenvalue weighted by atomic mass is 9.77. The van der Waals surface area contributed by atoms with Gasteiger partial charge in [-0.05, 0) is 50.0 Å². The highest BCUT2D eigenvalue weighted by molar-refractivity contribution is 5.68. The summed E-state index contributed by atoms with van der Waals surface area (Å²) in [6.07, 6.45) is 7.92. The van der Waals surface area contributed by atoms with Crippen molar-refractivity contribution < 1.29 is 0 Å². The van der Waals surface area contributed by atoms with Crippen LogP contribution in [0.1, 0.15) is 43.7 Å². The van der Waals surface area contributed by atoms with Gasteiger partial charge in [-0.15, -0.1) is 0 Å². The molecule has 3 aromatic rings. The molecule has 0 N–H and O–H groups in total. The van der Waals surface area contributed by atoms with Gasteiger partial charge in [0.25, 0.3) is 0 Å². The summed E-state index contributed by atoms with van der Waals surface area (Å²) < 4.78 is 0. The molecule has 1 aliphatic rings. The van der Waals surface area contributed by atoms with Crippen molar-refractivity contribution in [3.63, 3.8) is 0 Å². The standard InChI is InChI=1S/C26H31N3/c1-21-24(23-14-7-4-8-15-23)27-20-28-25(21)29-18-10-17-26(2,19-29)16-9-13-22-11-5-3-6-12-22/h3-8,11-12,14-15,20H,9-10,13,16-19H2,1-2H3. The Morgan fingerprint density at radius 1 is 0.966 bits per heavy atom. The van der Waals surface area contributed by atoms with Crippen molar-refractivity contribution in [1.29, 1.82) is 0 Å². The van der Waals surface area contributed by atoms with E-state index >= 15 is 0 Å². The molecule has 2 aromatic carbocycles. The average Bonchev–Trinajstić information content (AvgIpc) is 2.75. The van der Waals surface area contributed by atoms with Crippen LogP contribution < -0.4 is 4.90 Å². The topological polar surface area (TPSA) is 29.0 Å². The highest BCUT2D eigenvalue weighted by Crippen LogP contribution is 2.37. The number of aryl methyl sites for hydroxylation is 1. The van der Waals surface area contributed by atoms with Crippen molar-refractivity contribution in [3.8, 4) is 11.3 Å². The lowest BCUT2D eigenvalue weighted by Crippen LogP contribution is -2.42. The Bertz CT molecular complexity index is 923. The molecule has 1 unspecified atom stereocenters. The van der Waals surface area contributed by atoms with Gasteiger partial charge >= 0.3 is 0 Å². The number of hydrogen-bond donors (Lipinski definition) is 0. The predicted molar refractivity (Wildman–Crippen MR) is 121 cm³/mol. The quantitative estimate of drug-likeness (QED) is 0.515. The lowest BCUT2D eigenvalue weighted by Gasteiger charge is -2.42. The summed E-state index contributed by atoms with van der Waals surface area (Å²) in [6.45, 7) is 6.78. The molecule has 150 valence electrons. The second-order valence-electron chi connectivity index (χ2n) is 8.71. The van der Waals surface area contributed by atoms with E-state index in [1.54, 1.807) is 6.33 Å². The van der Waals surface area contributed by atoms with Crippen LogP contribution in [0.15, 0.2) is 67.0 Å². The lowest BCUT2D eigenvalue weighted by molar-refractivity contribution is 0.235. The molecule has 1 saturated heterocycles. The van der Waals surface area contributed by atoms with Crippen LogP contribution in [0.2, 0.25) is 0 Å². The third kappa shape index (κ3) is 4.67. The zero-order chi connectivity index (χ0) is 20.1. The monoisotopic (exact) mass is 385 g/mol. The van der Waals surface area contributed by atoms with E-state index in [2.05, 4.69) is 78.3 Å². The summed E-state index contributed by atoms with van der Waals surface area (Å²) >= 11 is 0. The molecule has 0 amide bonds. The molecular formula is C26H31N3. The van der Waals surface area contributed by atoms with E-state index in [9.17, 15) is 0 Å². The normalized spacial score (nSPS) is 19.3. The molecule has 0 bridgehead atoms. The molecule has 0 aliphatic carbocycles. The van der Waals surface area contributed by atoms with Crippen molar-refractivity contribution >= 4 is 5.82 Å². The number of aromatic nitrogens is 2. The molecule has 3 nitrogen and oxygen atoms in total. The Kier molecular flexibility index (Phi) is 5.94. The van der Waals surface area contributed by atoms with Gasteiger partial charge in [-0.2, -0.15) is 0 Å². The molecule has 1 aliphatic heterocycles. The van der Waals surface area contributed by atoms with E-state index in [0.29, 0.717) is 5.41 Å². The molecule has 0 saturated carbocycles. The third-order valence-corrected chi connectivity index (χ3v) is 6.27. The number of nitrogens with zero attached hydrogens (tertiary/aromatic N) is 3. The maximum atomic E-state index is 4.70. The number of anilines is 1. The number of piperidine rings is 1. The zero-order valence-corrected chi connectivity index (χ0v) is 17.6. The predicted octanol–water partition coefficient (Wildman–Crippen LogP) is 6.08. The van der Waals surface area contributed by atoms with E-state index in [-0.39, 0.29) is 0 Å². The van der Waals surface area contributed by atoms with Crippen molar-refractivity contribution in [2.75, 3.05) is 18.0 Å². The van der Waals surface area contributed by atoms with E-state index in [1.165, 1.54) is 43.2 Å². The van der Waals surface area contributed by atoms with E-state index in [0.717, 1.165) is 30.2 Å². The summed E-state index contributed by atoms with van der Waals surface area (Å²) in [7, 11) is 0. The first-order valence-electron chi connectivity index (χ1n) is 10.8. The van der Waals surface area contributed by atoms with Crippen LogP contribution in [-0.2, 0) is 6.42 Å². The molecule has 0 radical (unpaired) electrons. The maximum absolute atomic E-state index is 4.70. The Morgan fingerprint density at radius 2 is 1.69 bits per heavy atom. The fraction of sp³-hybridized carbons (Fsp3) is 0.385. The summed E-state index contributed by atoms with van der Waals surface area (Å²) in [5.41, 5.74) is 5.19. The second-order valence-corrected chi connectivity index (χ2v) is 8.71. The van der Waals surface area contributed by atoms with Gasteiger partial charge in [0.15, 0.2) is 0 Å². The van der Waals surface area contributed by atoms with Gasteiger partial charge in [-0.3, -0.25) is 0 Å². The Labute approximate surface area is 174 Å². The summed E-state index contributed by atoms with van der Waals surface area (Å²) in [5, 5.41) is 0. The zero-order valence-electron chi connectivity index (χ0n) is 17.6. The SMILES string of the molecule is Cc1c(-c2ccccc2)ncnc1N1CCCC(C)(CCCc2ccccc2)C1. The van der Waals surface area contributed by atoms with Crippen LogP contribution in [0, 0.1) is 12.3 Å². The van der Waals surface area contributed by atoms with Gasteiger partial charge in [0, 0.05) is 24.2 Å². The molecular weight excluding hydrogens is 354 g/mol. The Balaban J connectivity index is 1.47. The van der Waals surface area contributed by atoms with Gasteiger partial charge in [0.05, 0.1) is 5.69 Å². The Morgan fingerprint density at radius 3 is 2.45 bits per heavy atom. The van der Waals surface area contributed by atoms with Crippen molar-refractivity contribution in [2.45, 2.75) is 46.0 Å². The van der Waals surface area contributed by atoms with Crippen LogP contribution in [0.4, 0.5) is 5.82 Å². The Hall–Kier alpha value is -2.68. The molecule has 1 atom stereocenters. The van der Waals surface area contributed by atoms with Crippen LogP contribution in [0.25, 0.3) is 11.3 Å². The van der Waals surface area contributed by atoms with Gasteiger partial charge in [-0.25, -0.2) is 9.97 Å². The maximum Gasteiger partial charge on any atom is 0.135 e. The van der Waals surface area contributed by atoms with E-state index < -0.39 is 0 Å². The first kappa shape index (κ1) is 19.6. The fourth-order valence-corrected chi connectivity index (χ4v) is 4.71. The molecule has 1 aromatic heterocycles. The van der Waals surface area contributed by atoms with Gasteiger partial charge < -0.3 is 4.90 Å². The summed E-state index contributed by atoms with van der Waals surface area (Å²) in [5.74, 6) is 1.10. The highest BCUT2D eigenvalue weighted by atomic mass is 15.2. The minimum Gasteiger partial charge on any atom is -0.356 e. The van der Waals surface area contributed by atoms with Crippen LogP contribution in [0.5, 0.6) is 0 Å². The number of rotatable bonds is 6. The second kappa shape index (κ2) is 8.77. The van der Waals surface area contributed by atoms with Crippen LogP contribution in [0.3, 0.4) is 0 Å². The summed E-state index contributed by atoms with van der Waals surface area (Å²) in [6, 6.07) is 21.3. The smallest absolute Gasteiger partial charge is 0.135 e. The van der Waals surface area contributed by atoms with Gasteiger partial charge in [0.1, 0.15) is 12.1 Å². The minimum atomic E-state index is 0.345. The third-order valence-electron chi connectivity index (χ3n) is 6.27. The van der Waals surface area contributed by atoms with Gasteiger partial charge in [-0.1, -0.05) is 67.6 Å². The summed E-state index contributed by atoms with van der Waals surface area (Å²) in [4.78, 5) is 11.8. The van der Waals surface area contributed by atoms with E-state index in [1.807, 2.05) is 6.07 Å². The van der Waals surface area contributed by atoms with Crippen LogP contribution >= 0.6 is 0 Å². The average molecular weight is 386 g/mol.